The maximum Gasteiger partial charge on any atom is 0.178 e. The van der Waals surface area contributed by atoms with Crippen molar-refractivity contribution in [1.29, 1.82) is 10.5 Å². The minimum atomic E-state index is -1.55. The third-order valence-electron chi connectivity index (χ3n) is 1.92. The van der Waals surface area contributed by atoms with Crippen molar-refractivity contribution in [2.75, 3.05) is 0 Å². The Bertz CT molecular complexity index is 571. The Morgan fingerprint density at radius 1 is 1.00 bits per heavy atom. The molecule has 2 nitrogen and oxygen atoms in total. The van der Waals surface area contributed by atoms with Gasteiger partial charge in [0.2, 0.25) is 0 Å². The molecule has 16 heavy (non-hydrogen) atoms. The van der Waals surface area contributed by atoms with Crippen LogP contribution < -0.4 is 0 Å². The summed E-state index contributed by atoms with van der Waals surface area (Å²) < 4.78 is 40.0. The molecule has 0 saturated carbocycles. The molecule has 0 heterocycles. The van der Waals surface area contributed by atoms with Crippen molar-refractivity contribution < 1.29 is 13.2 Å². The van der Waals surface area contributed by atoms with Gasteiger partial charge in [-0.25, -0.2) is 13.2 Å². The van der Waals surface area contributed by atoms with Crippen LogP contribution in [0, 0.1) is 52.5 Å². The minimum Gasteiger partial charge on any atom is -0.205 e. The molecule has 78 valence electrons. The van der Waals surface area contributed by atoms with Gasteiger partial charge in [0.1, 0.15) is 17.4 Å². The Morgan fingerprint density at radius 3 is 2.06 bits per heavy atom. The van der Waals surface area contributed by atoms with Crippen LogP contribution in [0.5, 0.6) is 0 Å². The van der Waals surface area contributed by atoms with Crippen molar-refractivity contribution in [3.8, 4) is 24.5 Å². The first kappa shape index (κ1) is 11.6. The molecular weight excluding hydrogens is 217 g/mol. The lowest BCUT2D eigenvalue weighted by molar-refractivity contribution is 0.480. The average molecular weight is 220 g/mol. The molecule has 0 aliphatic carbocycles. The summed E-state index contributed by atoms with van der Waals surface area (Å²) in [5.41, 5.74) is -2.28. The van der Waals surface area contributed by atoms with Gasteiger partial charge < -0.3 is 0 Å². The van der Waals surface area contributed by atoms with Crippen LogP contribution in [-0.2, 0) is 6.42 Å². The molecule has 0 aromatic heterocycles. The van der Waals surface area contributed by atoms with Gasteiger partial charge in [-0.05, 0) is 0 Å². The van der Waals surface area contributed by atoms with E-state index in [0.717, 1.165) is 0 Å². The Labute approximate surface area is 89.5 Å². The monoisotopic (exact) mass is 220 g/mol. The highest BCUT2D eigenvalue weighted by atomic mass is 19.2. The van der Waals surface area contributed by atoms with Crippen molar-refractivity contribution in [1.82, 2.24) is 0 Å². The quantitative estimate of drug-likeness (QED) is 0.537. The summed E-state index contributed by atoms with van der Waals surface area (Å²) >= 11 is 0. The van der Waals surface area contributed by atoms with Gasteiger partial charge in [-0.1, -0.05) is 5.92 Å². The normalized spacial score (nSPS) is 9.00. The fraction of sp³-hybridized carbons (Fsp3) is 0.0909. The zero-order valence-electron chi connectivity index (χ0n) is 7.81. The third-order valence-corrected chi connectivity index (χ3v) is 1.92. The van der Waals surface area contributed by atoms with Gasteiger partial charge in [-0.2, -0.15) is 10.5 Å². The van der Waals surface area contributed by atoms with E-state index in [1.54, 1.807) is 5.92 Å². The van der Waals surface area contributed by atoms with E-state index in [1.807, 2.05) is 0 Å². The van der Waals surface area contributed by atoms with E-state index in [2.05, 4.69) is 0 Å². The summed E-state index contributed by atoms with van der Waals surface area (Å²) in [5, 5.41) is 16.8. The van der Waals surface area contributed by atoms with Gasteiger partial charge in [0.15, 0.2) is 11.6 Å². The highest BCUT2D eigenvalue weighted by Gasteiger charge is 2.23. The Kier molecular flexibility index (Phi) is 3.18. The highest BCUT2D eigenvalue weighted by molar-refractivity contribution is 5.51. The molecule has 0 amide bonds. The standard InChI is InChI=1S/C11H3F3N2/c1-2-6-8(5-16)11(14)10(13)7(3-4-15)9(6)12/h1H,3H2. The van der Waals surface area contributed by atoms with Gasteiger partial charge in [0.05, 0.1) is 18.1 Å². The molecule has 0 aliphatic heterocycles. The lowest BCUT2D eigenvalue weighted by Crippen LogP contribution is -2.06. The SMILES string of the molecule is C#Cc1c(F)c(CC#N)c(F)c(F)c1C#N. The topological polar surface area (TPSA) is 47.6 Å². The molecule has 0 atom stereocenters. The lowest BCUT2D eigenvalue weighted by Gasteiger charge is -2.06. The largest absolute Gasteiger partial charge is 0.205 e. The van der Waals surface area contributed by atoms with Crippen LogP contribution in [0.25, 0.3) is 0 Å². The summed E-state index contributed by atoms with van der Waals surface area (Å²) in [6.07, 6.45) is 4.24. The van der Waals surface area contributed by atoms with Crippen LogP contribution >= 0.6 is 0 Å². The zero-order chi connectivity index (χ0) is 12.3. The number of benzene rings is 1. The Hall–Kier alpha value is -2.45. The highest BCUT2D eigenvalue weighted by Crippen LogP contribution is 2.24. The molecule has 5 heteroatoms. The first-order valence-electron chi connectivity index (χ1n) is 4.01. The van der Waals surface area contributed by atoms with E-state index in [9.17, 15) is 13.2 Å². The predicted molar refractivity (Wildman–Crippen MR) is 48.3 cm³/mol. The van der Waals surface area contributed by atoms with Crippen LogP contribution in [0.15, 0.2) is 0 Å². The van der Waals surface area contributed by atoms with E-state index in [-0.39, 0.29) is 0 Å². The maximum atomic E-state index is 13.5. The van der Waals surface area contributed by atoms with Gasteiger partial charge in [-0.3, -0.25) is 0 Å². The fourth-order valence-electron chi connectivity index (χ4n) is 1.18. The number of hydrogen-bond donors (Lipinski definition) is 0. The summed E-state index contributed by atoms with van der Waals surface area (Å²) in [6.45, 7) is 0. The van der Waals surface area contributed by atoms with Crippen molar-refractivity contribution >= 4 is 0 Å². The van der Waals surface area contributed by atoms with Gasteiger partial charge >= 0.3 is 0 Å². The van der Waals surface area contributed by atoms with E-state index in [0.29, 0.717) is 0 Å². The van der Waals surface area contributed by atoms with Crippen molar-refractivity contribution in [3.05, 3.63) is 34.1 Å². The molecular formula is C11H3F3N2. The van der Waals surface area contributed by atoms with Crippen molar-refractivity contribution in [2.45, 2.75) is 6.42 Å². The van der Waals surface area contributed by atoms with Gasteiger partial charge in [0.25, 0.3) is 0 Å². The van der Waals surface area contributed by atoms with Crippen LogP contribution in [0.1, 0.15) is 16.7 Å². The van der Waals surface area contributed by atoms with Crippen LogP contribution in [-0.4, -0.2) is 0 Å². The number of nitrogens with zero attached hydrogens (tertiary/aromatic N) is 2. The van der Waals surface area contributed by atoms with Crippen molar-refractivity contribution in [3.63, 3.8) is 0 Å². The second kappa shape index (κ2) is 4.38. The molecule has 0 fully saturated rings. The van der Waals surface area contributed by atoms with Crippen LogP contribution in [0.2, 0.25) is 0 Å². The first-order valence-corrected chi connectivity index (χ1v) is 4.01. The van der Waals surface area contributed by atoms with Crippen LogP contribution in [0.4, 0.5) is 13.2 Å². The average Bonchev–Trinajstić information content (AvgIpc) is 2.29. The molecule has 0 saturated heterocycles. The van der Waals surface area contributed by atoms with E-state index < -0.39 is 40.6 Å². The summed E-state index contributed by atoms with van der Waals surface area (Å²) in [5.74, 6) is -2.54. The summed E-state index contributed by atoms with van der Waals surface area (Å²) in [6, 6.07) is 2.77. The van der Waals surface area contributed by atoms with Crippen LogP contribution in [0.3, 0.4) is 0 Å². The number of hydrogen-bond acceptors (Lipinski definition) is 2. The summed E-state index contributed by atoms with van der Waals surface area (Å²) in [7, 11) is 0. The molecule has 1 rings (SSSR count). The lowest BCUT2D eigenvalue weighted by atomic mass is 10.0. The number of halogens is 3. The van der Waals surface area contributed by atoms with Crippen molar-refractivity contribution in [2.24, 2.45) is 0 Å². The Balaban J connectivity index is 3.74. The minimum absolute atomic E-state index is 0.658. The molecule has 0 spiro atoms. The van der Waals surface area contributed by atoms with Gasteiger partial charge in [0, 0.05) is 5.56 Å². The van der Waals surface area contributed by atoms with E-state index >= 15 is 0 Å². The van der Waals surface area contributed by atoms with Gasteiger partial charge in [-0.15, -0.1) is 6.42 Å². The second-order valence-electron chi connectivity index (χ2n) is 2.76. The molecule has 0 unspecified atom stereocenters. The molecule has 0 N–H and O–H groups in total. The molecule has 1 aromatic rings. The van der Waals surface area contributed by atoms with E-state index in [1.165, 1.54) is 12.1 Å². The second-order valence-corrected chi connectivity index (χ2v) is 2.76. The molecule has 1 aromatic carbocycles. The molecule has 0 bridgehead atoms. The fourth-order valence-corrected chi connectivity index (χ4v) is 1.18. The first-order chi connectivity index (χ1) is 7.58. The number of rotatable bonds is 1. The third kappa shape index (κ3) is 1.58. The predicted octanol–water partition coefficient (Wildman–Crippen LogP) is 2.02. The summed E-state index contributed by atoms with van der Waals surface area (Å²) in [4.78, 5) is 0. The number of terminal acetylenes is 1. The smallest absolute Gasteiger partial charge is 0.178 e. The Morgan fingerprint density at radius 2 is 1.62 bits per heavy atom. The zero-order valence-corrected chi connectivity index (χ0v) is 7.81. The molecule has 0 radical (unpaired) electrons. The number of nitriles is 2. The maximum absolute atomic E-state index is 13.5. The molecule has 0 aliphatic rings. The van der Waals surface area contributed by atoms with E-state index in [4.69, 9.17) is 16.9 Å².